The SMILES string of the molecule is CC/C=C\C/C=C\C/C=C\C/C=C\C/C=C\C/C=C\CCCCCCCC(O)C(=O)NC(COC1OC(CO)C(O)C(O)C1OC(=O)CCCCCCCCCCCCCCC/C=C\C/C=C\CCCCC)C(O)/C=C/CCCCCCCCCCC. The van der Waals surface area contributed by atoms with Crippen molar-refractivity contribution in [2.24, 2.45) is 0 Å². The van der Waals surface area contributed by atoms with Crippen molar-refractivity contribution in [3.8, 4) is 0 Å². The lowest BCUT2D eigenvalue weighted by Crippen LogP contribution is -2.61. The fourth-order valence-electron chi connectivity index (χ4n) is 10.6. The first-order valence-corrected chi connectivity index (χ1v) is 35.7. The van der Waals surface area contributed by atoms with Crippen molar-refractivity contribution in [2.75, 3.05) is 13.2 Å². The Morgan fingerprint density at radius 2 is 0.828 bits per heavy atom. The lowest BCUT2D eigenvalue weighted by molar-refractivity contribution is -0.305. The van der Waals surface area contributed by atoms with Crippen molar-refractivity contribution in [1.82, 2.24) is 5.32 Å². The topological polar surface area (TPSA) is 175 Å². The van der Waals surface area contributed by atoms with Gasteiger partial charge in [0.1, 0.15) is 24.4 Å². The minimum absolute atomic E-state index is 0.117. The summed E-state index contributed by atoms with van der Waals surface area (Å²) in [6.45, 7) is 5.65. The Labute approximate surface area is 532 Å². The number of hydrogen-bond acceptors (Lipinski definition) is 10. The molecule has 1 rings (SSSR count). The second-order valence-corrected chi connectivity index (χ2v) is 24.2. The van der Waals surface area contributed by atoms with E-state index >= 15 is 0 Å². The zero-order valence-electron chi connectivity index (χ0n) is 55.6. The zero-order valence-corrected chi connectivity index (χ0v) is 55.6. The van der Waals surface area contributed by atoms with Gasteiger partial charge in [0.2, 0.25) is 5.91 Å². The molecule has 1 aliphatic heterocycles. The van der Waals surface area contributed by atoms with Crippen molar-refractivity contribution in [3.05, 3.63) is 109 Å². The Balaban J connectivity index is 2.58. The van der Waals surface area contributed by atoms with Crippen LogP contribution in [0.3, 0.4) is 0 Å². The van der Waals surface area contributed by atoms with Crippen molar-refractivity contribution in [2.45, 2.75) is 346 Å². The molecule has 8 unspecified atom stereocenters. The van der Waals surface area contributed by atoms with Crippen LogP contribution >= 0.6 is 0 Å². The molecule has 0 aromatic carbocycles. The van der Waals surface area contributed by atoms with Gasteiger partial charge in [-0.15, -0.1) is 0 Å². The summed E-state index contributed by atoms with van der Waals surface area (Å²) in [7, 11) is 0. The first-order chi connectivity index (χ1) is 42.7. The second-order valence-electron chi connectivity index (χ2n) is 24.2. The number of carbonyl (C=O) groups excluding carboxylic acids is 2. The highest BCUT2D eigenvalue weighted by Crippen LogP contribution is 2.26. The summed E-state index contributed by atoms with van der Waals surface area (Å²) >= 11 is 0. The van der Waals surface area contributed by atoms with Crippen LogP contribution in [0.2, 0.25) is 0 Å². The van der Waals surface area contributed by atoms with Crippen LogP contribution in [-0.4, -0.2) is 99.6 Å². The predicted octanol–water partition coefficient (Wildman–Crippen LogP) is 18.4. The first-order valence-electron chi connectivity index (χ1n) is 35.7. The smallest absolute Gasteiger partial charge is 0.306 e. The molecule has 1 saturated heterocycles. The molecule has 0 spiro atoms. The zero-order chi connectivity index (χ0) is 63.1. The third kappa shape index (κ3) is 49.7. The molecule has 1 amide bonds. The van der Waals surface area contributed by atoms with Crippen molar-refractivity contribution in [1.29, 1.82) is 0 Å². The van der Waals surface area contributed by atoms with E-state index in [0.717, 1.165) is 122 Å². The van der Waals surface area contributed by atoms with Gasteiger partial charge >= 0.3 is 5.97 Å². The third-order valence-electron chi connectivity index (χ3n) is 16.2. The number of rotatable bonds is 60. The van der Waals surface area contributed by atoms with E-state index < -0.39 is 67.4 Å². The van der Waals surface area contributed by atoms with E-state index in [1.54, 1.807) is 6.08 Å². The van der Waals surface area contributed by atoms with Crippen LogP contribution in [0.15, 0.2) is 109 Å². The maximum Gasteiger partial charge on any atom is 0.306 e. The molecule has 1 aliphatic rings. The molecule has 0 aliphatic carbocycles. The number of unbranched alkanes of at least 4 members (excludes halogenated alkanes) is 30. The second kappa shape index (κ2) is 62.5. The highest BCUT2D eigenvalue weighted by molar-refractivity contribution is 5.80. The van der Waals surface area contributed by atoms with E-state index in [0.29, 0.717) is 12.8 Å². The fraction of sp³-hybridized carbons (Fsp3) is 0.737. The molecule has 11 nitrogen and oxygen atoms in total. The summed E-state index contributed by atoms with van der Waals surface area (Å²) in [5, 5.41) is 57.2. The number of hydrogen-bond donors (Lipinski definition) is 6. The monoisotopic (exact) mass is 1220 g/mol. The molecular formula is C76H131NO10. The number of esters is 1. The number of ether oxygens (including phenoxy) is 3. The van der Waals surface area contributed by atoms with Crippen LogP contribution in [0.25, 0.3) is 0 Å². The van der Waals surface area contributed by atoms with Gasteiger partial charge < -0.3 is 45.1 Å². The lowest BCUT2D eigenvalue weighted by Gasteiger charge is -2.41. The van der Waals surface area contributed by atoms with Crippen LogP contribution in [0.4, 0.5) is 0 Å². The van der Waals surface area contributed by atoms with E-state index in [-0.39, 0.29) is 19.4 Å². The Bertz CT molecular complexity index is 1830. The maximum absolute atomic E-state index is 13.5. The molecule has 6 N–H and O–H groups in total. The van der Waals surface area contributed by atoms with Crippen LogP contribution < -0.4 is 5.32 Å². The Morgan fingerprint density at radius 3 is 1.26 bits per heavy atom. The highest BCUT2D eigenvalue weighted by atomic mass is 16.7. The number of carbonyl (C=O) groups is 2. The Kier molecular flexibility index (Phi) is 58.4. The van der Waals surface area contributed by atoms with E-state index in [1.165, 1.54) is 128 Å². The van der Waals surface area contributed by atoms with Crippen LogP contribution in [-0.2, 0) is 23.8 Å². The van der Waals surface area contributed by atoms with Gasteiger partial charge in [-0.25, -0.2) is 0 Å². The molecule has 8 atom stereocenters. The van der Waals surface area contributed by atoms with Crippen molar-refractivity contribution in [3.63, 3.8) is 0 Å². The number of aliphatic hydroxyl groups excluding tert-OH is 5. The van der Waals surface area contributed by atoms with Gasteiger partial charge in [0.25, 0.3) is 0 Å². The minimum Gasteiger partial charge on any atom is -0.454 e. The fourth-order valence-corrected chi connectivity index (χ4v) is 10.6. The molecular weight excluding hydrogens is 1090 g/mol. The van der Waals surface area contributed by atoms with Gasteiger partial charge in [-0.1, -0.05) is 291 Å². The Hall–Kier alpha value is -3.68. The van der Waals surface area contributed by atoms with E-state index in [4.69, 9.17) is 14.2 Å². The van der Waals surface area contributed by atoms with Crippen LogP contribution in [0, 0.1) is 0 Å². The summed E-state index contributed by atoms with van der Waals surface area (Å²) in [4.78, 5) is 26.7. The minimum atomic E-state index is -1.62. The quantitative estimate of drug-likeness (QED) is 0.0195. The summed E-state index contributed by atoms with van der Waals surface area (Å²) < 4.78 is 17.7. The van der Waals surface area contributed by atoms with Crippen LogP contribution in [0.1, 0.15) is 297 Å². The molecule has 0 radical (unpaired) electrons. The molecule has 11 heteroatoms. The van der Waals surface area contributed by atoms with Crippen molar-refractivity contribution >= 4 is 11.9 Å². The summed E-state index contributed by atoms with van der Waals surface area (Å²) in [5.74, 6) is -1.21. The number of amides is 1. The maximum atomic E-state index is 13.5. The summed E-state index contributed by atoms with van der Waals surface area (Å²) in [6.07, 6.45) is 75.5. The van der Waals surface area contributed by atoms with Gasteiger partial charge in [0, 0.05) is 6.42 Å². The highest BCUT2D eigenvalue weighted by Gasteiger charge is 2.47. The van der Waals surface area contributed by atoms with Crippen LogP contribution in [0.5, 0.6) is 0 Å². The molecule has 500 valence electrons. The number of allylic oxidation sites excluding steroid dienone is 17. The molecule has 0 saturated carbocycles. The summed E-state index contributed by atoms with van der Waals surface area (Å²) in [6, 6.07) is -1.04. The van der Waals surface area contributed by atoms with Gasteiger partial charge in [-0.2, -0.15) is 0 Å². The van der Waals surface area contributed by atoms with Gasteiger partial charge in [0.15, 0.2) is 12.4 Å². The average Bonchev–Trinajstić information content (AvgIpc) is 1.30. The third-order valence-corrected chi connectivity index (χ3v) is 16.2. The largest absolute Gasteiger partial charge is 0.454 e. The lowest BCUT2D eigenvalue weighted by atomic mass is 9.99. The van der Waals surface area contributed by atoms with E-state index in [1.807, 2.05) is 6.08 Å². The average molecular weight is 1220 g/mol. The first kappa shape index (κ1) is 81.3. The van der Waals surface area contributed by atoms with Gasteiger partial charge in [-0.05, 0) is 109 Å². The Morgan fingerprint density at radius 1 is 0.460 bits per heavy atom. The molecule has 0 aromatic heterocycles. The van der Waals surface area contributed by atoms with E-state index in [9.17, 15) is 35.1 Å². The standard InChI is InChI=1S/C76H131NO10/c1-4-7-10-13-16-19-22-24-26-28-30-32-34-36-37-39-41-43-45-48-51-54-57-60-63-69(80)75(84)77-67(68(79)62-59-56-53-50-47-21-18-15-12-9-6-3)66-85-76-74(73(83)72(82)70(65-78)86-76)87-71(81)64-61-58-55-52-49-46-44-42-40-38-35-33-31-29-27-25-23-20-17-14-11-8-5-2/h7,10,16-17,19-20,24-27,30,32,36-37,41,43,59,62,67-70,72-74,76,78-80,82-83H,4-6,8-9,11-15,18,21-23,28-29,31,33-35,38-40,42,44-58,60-61,63-66H2,1-3H3,(H,77,84)/b10-7-,19-16-,20-17-,26-24-,27-25-,32-30-,37-36-,43-41-,62-59+. The number of nitrogens with one attached hydrogen (secondary N) is 1. The molecule has 0 bridgehead atoms. The molecule has 0 aromatic rings. The molecule has 1 fully saturated rings. The van der Waals surface area contributed by atoms with Gasteiger partial charge in [-0.3, -0.25) is 9.59 Å². The van der Waals surface area contributed by atoms with Gasteiger partial charge in [0.05, 0.1) is 25.4 Å². The van der Waals surface area contributed by atoms with E-state index in [2.05, 4.69) is 123 Å². The summed E-state index contributed by atoms with van der Waals surface area (Å²) in [5.41, 5.74) is 0. The predicted molar refractivity (Wildman–Crippen MR) is 365 cm³/mol. The molecule has 87 heavy (non-hydrogen) atoms. The number of aliphatic hydroxyl groups is 5. The normalized spacial score (nSPS) is 18.9. The molecule has 1 heterocycles. The van der Waals surface area contributed by atoms with Crippen molar-refractivity contribution < 1.29 is 49.3 Å².